The molecule has 0 unspecified atom stereocenters. The van der Waals surface area contributed by atoms with Crippen LogP contribution in [0.2, 0.25) is 0 Å². The van der Waals surface area contributed by atoms with Crippen LogP contribution >= 0.6 is 24.2 Å². The van der Waals surface area contributed by atoms with Gasteiger partial charge < -0.3 is 9.64 Å². The number of thioether (sulfide) groups is 1. The zero-order chi connectivity index (χ0) is 19.5. The summed E-state index contributed by atoms with van der Waals surface area (Å²) in [6, 6.07) is 3.94. The average molecular weight is 441 g/mol. The van der Waals surface area contributed by atoms with Crippen molar-refractivity contribution in [3.05, 3.63) is 34.5 Å². The number of nitrogens with zero attached hydrogens (tertiary/aromatic N) is 3. The largest absolute Gasteiger partial charge is 0.415 e. The van der Waals surface area contributed by atoms with Crippen molar-refractivity contribution in [3.8, 4) is 5.75 Å². The summed E-state index contributed by atoms with van der Waals surface area (Å²) in [4.78, 5) is 30.7. The third kappa shape index (κ3) is 5.09. The molecular weight excluding hydrogens is 419 g/mol. The second kappa shape index (κ2) is 9.60. The van der Waals surface area contributed by atoms with Gasteiger partial charge in [0.15, 0.2) is 5.17 Å². The maximum Gasteiger partial charge on any atom is 0.415 e. The van der Waals surface area contributed by atoms with E-state index < -0.39 is 11.9 Å². The first kappa shape index (κ1) is 21.6. The molecule has 156 valence electrons. The monoisotopic (exact) mass is 440 g/mol. The highest BCUT2D eigenvalue weighted by molar-refractivity contribution is 8.18. The summed E-state index contributed by atoms with van der Waals surface area (Å²) in [5.74, 6) is -0.762. The molecule has 3 heterocycles. The van der Waals surface area contributed by atoms with Gasteiger partial charge >= 0.3 is 6.09 Å². The van der Waals surface area contributed by atoms with Crippen LogP contribution in [0.15, 0.2) is 28.1 Å². The molecule has 1 aromatic rings. The summed E-state index contributed by atoms with van der Waals surface area (Å²) in [5.41, 5.74) is 3.69. The Balaban J connectivity index is 0.00000240. The van der Waals surface area contributed by atoms with Crippen molar-refractivity contribution in [2.24, 2.45) is 4.99 Å². The minimum atomic E-state index is -0.508. The summed E-state index contributed by atoms with van der Waals surface area (Å²) < 4.78 is 19.2. The normalized spacial score (nSPS) is 20.7. The van der Waals surface area contributed by atoms with E-state index in [4.69, 9.17) is 4.74 Å². The Bertz CT molecular complexity index is 852. The molecule has 0 aliphatic carbocycles. The van der Waals surface area contributed by atoms with E-state index in [0.29, 0.717) is 28.7 Å². The zero-order valence-electron chi connectivity index (χ0n) is 15.7. The Morgan fingerprint density at radius 3 is 2.69 bits per heavy atom. The van der Waals surface area contributed by atoms with Gasteiger partial charge in [-0.2, -0.15) is 4.99 Å². The van der Waals surface area contributed by atoms with Crippen LogP contribution in [-0.2, 0) is 4.79 Å². The number of carbonyl (C=O) groups is 2. The molecule has 0 bridgehead atoms. The van der Waals surface area contributed by atoms with Crippen LogP contribution in [-0.4, -0.2) is 53.3 Å². The quantitative estimate of drug-likeness (QED) is 0.710. The Kier molecular flexibility index (Phi) is 7.15. The van der Waals surface area contributed by atoms with Crippen LogP contribution in [0.1, 0.15) is 31.2 Å². The maximum atomic E-state index is 13.7. The van der Waals surface area contributed by atoms with Crippen LogP contribution in [0.3, 0.4) is 0 Å². The summed E-state index contributed by atoms with van der Waals surface area (Å²) in [7, 11) is 0. The lowest BCUT2D eigenvalue weighted by Gasteiger charge is -2.28. The minimum Gasteiger partial charge on any atom is -0.409 e. The fraction of sp³-hybridized carbons (Fsp3) is 0.421. The average Bonchev–Trinajstić information content (AvgIpc) is 3.35. The molecule has 1 N–H and O–H groups in total. The van der Waals surface area contributed by atoms with Crippen LogP contribution < -0.4 is 10.2 Å². The van der Waals surface area contributed by atoms with Crippen LogP contribution in [0.5, 0.6) is 5.75 Å². The van der Waals surface area contributed by atoms with E-state index in [9.17, 15) is 14.0 Å². The summed E-state index contributed by atoms with van der Waals surface area (Å²) in [6.45, 7) is 2.92. The van der Waals surface area contributed by atoms with Crippen molar-refractivity contribution in [2.45, 2.75) is 25.7 Å². The van der Waals surface area contributed by atoms with Crippen LogP contribution in [0, 0.1) is 5.82 Å². The molecule has 0 radical (unpaired) electrons. The van der Waals surface area contributed by atoms with Crippen molar-refractivity contribution < 1.29 is 18.7 Å². The first-order chi connectivity index (χ1) is 13.6. The van der Waals surface area contributed by atoms with Gasteiger partial charge in [0, 0.05) is 37.8 Å². The molecule has 0 aromatic heterocycles. The smallest absolute Gasteiger partial charge is 0.409 e. The van der Waals surface area contributed by atoms with Gasteiger partial charge in [-0.25, -0.2) is 14.6 Å². The highest BCUT2D eigenvalue weighted by atomic mass is 35.5. The molecular formula is C19H22ClFN4O3S. The van der Waals surface area contributed by atoms with Gasteiger partial charge in [-0.3, -0.25) is 9.80 Å². The van der Waals surface area contributed by atoms with E-state index in [-0.39, 0.29) is 24.1 Å². The molecule has 29 heavy (non-hydrogen) atoms. The fourth-order valence-corrected chi connectivity index (χ4v) is 4.19. The molecule has 4 rings (SSSR count). The van der Waals surface area contributed by atoms with E-state index in [0.717, 1.165) is 38.8 Å². The molecule has 2 amide bonds. The lowest BCUT2D eigenvalue weighted by atomic mass is 10.2. The number of rotatable bonds is 2. The predicted molar refractivity (Wildman–Crippen MR) is 112 cm³/mol. The number of halogens is 2. The molecule has 0 spiro atoms. The number of amidine groups is 1. The second-order valence-electron chi connectivity index (χ2n) is 6.82. The molecule has 2 fully saturated rings. The lowest BCUT2D eigenvalue weighted by molar-refractivity contribution is -0.113. The number of hydrogen-bond donors (Lipinski definition) is 1. The number of benzene rings is 1. The number of likely N-dealkylation sites (tertiary alicyclic amines) is 1. The van der Waals surface area contributed by atoms with Crippen molar-refractivity contribution in [2.75, 3.05) is 26.2 Å². The molecule has 0 atom stereocenters. The Morgan fingerprint density at radius 2 is 1.97 bits per heavy atom. The molecule has 2 saturated heterocycles. The number of ether oxygens (including phenoxy) is 1. The zero-order valence-corrected chi connectivity index (χ0v) is 17.4. The number of carbonyl (C=O) groups excluding carboxylic acids is 2. The van der Waals surface area contributed by atoms with E-state index in [1.54, 1.807) is 11.0 Å². The topological polar surface area (TPSA) is 74.2 Å². The van der Waals surface area contributed by atoms with E-state index in [2.05, 4.69) is 10.4 Å². The third-order valence-electron chi connectivity index (χ3n) is 4.78. The summed E-state index contributed by atoms with van der Waals surface area (Å²) in [5, 5.41) is 2.49. The lowest BCUT2D eigenvalue weighted by Crippen LogP contribution is -2.45. The molecule has 10 heteroatoms. The van der Waals surface area contributed by atoms with Gasteiger partial charge in [-0.1, -0.05) is 0 Å². The Labute approximate surface area is 178 Å². The summed E-state index contributed by atoms with van der Waals surface area (Å²) >= 11 is 1.26. The number of hydrazine groups is 1. The van der Waals surface area contributed by atoms with E-state index >= 15 is 0 Å². The highest BCUT2D eigenvalue weighted by Crippen LogP contribution is 2.33. The highest BCUT2D eigenvalue weighted by Gasteiger charge is 2.28. The van der Waals surface area contributed by atoms with Gasteiger partial charge in [0.05, 0.1) is 4.91 Å². The second-order valence-corrected chi connectivity index (χ2v) is 7.83. The Morgan fingerprint density at radius 1 is 1.21 bits per heavy atom. The van der Waals surface area contributed by atoms with Gasteiger partial charge in [0.2, 0.25) is 0 Å². The molecule has 7 nitrogen and oxygen atoms in total. The van der Waals surface area contributed by atoms with E-state index in [1.807, 2.05) is 5.01 Å². The van der Waals surface area contributed by atoms with Gasteiger partial charge in [0.1, 0.15) is 11.6 Å². The number of nitrogens with one attached hydrogen (secondary N) is 1. The molecule has 3 aliphatic heterocycles. The SMILES string of the molecule is Cl.O=C1N=C(N2CCCCN2)S/C1=C/c1ccc(F)cc1OC(=O)N1CCCC1. The molecule has 0 saturated carbocycles. The number of aliphatic imine (C=N–C) groups is 1. The molecule has 1 aromatic carbocycles. The number of hydrogen-bond acceptors (Lipinski definition) is 6. The number of amides is 2. The molecule has 3 aliphatic rings. The van der Waals surface area contributed by atoms with Gasteiger partial charge in [-0.05, 0) is 55.7 Å². The van der Waals surface area contributed by atoms with Crippen molar-refractivity contribution in [1.82, 2.24) is 15.3 Å². The van der Waals surface area contributed by atoms with Crippen LogP contribution in [0.4, 0.5) is 9.18 Å². The van der Waals surface area contributed by atoms with Crippen molar-refractivity contribution >= 4 is 47.4 Å². The maximum absolute atomic E-state index is 13.7. The Hall–Kier alpha value is -2.10. The fourth-order valence-electron chi connectivity index (χ4n) is 3.28. The van der Waals surface area contributed by atoms with Crippen molar-refractivity contribution in [1.29, 1.82) is 0 Å². The van der Waals surface area contributed by atoms with E-state index in [1.165, 1.54) is 30.0 Å². The minimum absolute atomic E-state index is 0. The van der Waals surface area contributed by atoms with Gasteiger partial charge in [-0.15, -0.1) is 12.4 Å². The first-order valence-electron chi connectivity index (χ1n) is 9.40. The standard InChI is InChI=1S/C19H21FN4O3S.ClH/c20-14-6-5-13(15(12-14)27-19(26)23-8-3-4-9-23)11-16-17(25)22-18(28-16)24-10-2-1-7-21-24;/h5-6,11-12,21H,1-4,7-10H2;1H/b16-11+;. The first-order valence-corrected chi connectivity index (χ1v) is 10.2. The van der Waals surface area contributed by atoms with Crippen LogP contribution in [0.25, 0.3) is 6.08 Å². The van der Waals surface area contributed by atoms with Crippen molar-refractivity contribution in [3.63, 3.8) is 0 Å². The summed E-state index contributed by atoms with van der Waals surface area (Å²) in [6.07, 6.45) is 5.10. The van der Waals surface area contributed by atoms with Gasteiger partial charge in [0.25, 0.3) is 5.91 Å². The predicted octanol–water partition coefficient (Wildman–Crippen LogP) is 3.41. The third-order valence-corrected chi connectivity index (χ3v) is 5.78.